The van der Waals surface area contributed by atoms with E-state index in [1.807, 2.05) is 71.4 Å². The van der Waals surface area contributed by atoms with Gasteiger partial charge in [0.2, 0.25) is 5.91 Å². The van der Waals surface area contributed by atoms with Crippen LogP contribution in [0.3, 0.4) is 0 Å². The minimum Gasteiger partial charge on any atom is -0.379 e. The molecule has 3 aromatic carbocycles. The number of morpholine rings is 2. The van der Waals surface area contributed by atoms with Crippen LogP contribution in [0.5, 0.6) is 0 Å². The number of carbonyl (C=O) groups excluding carboxylic acids is 2. The van der Waals surface area contributed by atoms with E-state index in [9.17, 15) is 9.59 Å². The van der Waals surface area contributed by atoms with Gasteiger partial charge in [0.15, 0.2) is 0 Å². The van der Waals surface area contributed by atoms with E-state index in [1.165, 1.54) is 0 Å². The van der Waals surface area contributed by atoms with Crippen LogP contribution in [0.1, 0.15) is 16.8 Å². The molecule has 2 N–H and O–H groups in total. The highest BCUT2D eigenvalue weighted by atomic mass is 16.5. The first kappa shape index (κ1) is 26.9. The molecule has 4 aromatic rings. The molecule has 0 bridgehead atoms. The lowest BCUT2D eigenvalue weighted by atomic mass is 10.1. The maximum atomic E-state index is 12.9. The molecule has 2 aliphatic heterocycles. The fraction of sp³-hybridized carbons (Fsp3) is 0.323. The third kappa shape index (κ3) is 6.57. The standard InChI is InChI=1S/C31H34N6O4/c38-30(11-12-35-13-17-40-18-14-35)33-25-3-8-28(9-4-25)37-29-10-5-26(21-24(29)22-32-37)34-31(39)23-1-6-27(7-2-23)36-15-19-41-20-16-36/h1-10,21-22H,11-20H2,(H,33,38)(H,34,39). The third-order valence-electron chi connectivity index (χ3n) is 7.49. The van der Waals surface area contributed by atoms with Gasteiger partial charge in [0.05, 0.1) is 43.8 Å². The molecule has 2 amide bonds. The van der Waals surface area contributed by atoms with Gasteiger partial charge in [-0.1, -0.05) is 0 Å². The van der Waals surface area contributed by atoms with Gasteiger partial charge in [-0.05, 0) is 66.7 Å². The smallest absolute Gasteiger partial charge is 0.255 e. The van der Waals surface area contributed by atoms with Crippen molar-refractivity contribution in [2.45, 2.75) is 6.42 Å². The van der Waals surface area contributed by atoms with Crippen molar-refractivity contribution < 1.29 is 19.1 Å². The van der Waals surface area contributed by atoms with Crippen LogP contribution in [0.25, 0.3) is 16.6 Å². The number of benzene rings is 3. The molecule has 0 saturated carbocycles. The molecule has 0 aliphatic carbocycles. The van der Waals surface area contributed by atoms with Gasteiger partial charge < -0.3 is 25.0 Å². The molecular formula is C31H34N6O4. The van der Waals surface area contributed by atoms with E-state index in [2.05, 4.69) is 25.5 Å². The number of aromatic nitrogens is 2. The molecule has 0 spiro atoms. The molecule has 3 heterocycles. The molecular weight excluding hydrogens is 520 g/mol. The van der Waals surface area contributed by atoms with Gasteiger partial charge in [0.1, 0.15) is 0 Å². The second-order valence-electron chi connectivity index (χ2n) is 10.2. The predicted octanol–water partition coefficient (Wildman–Crippen LogP) is 3.78. The lowest BCUT2D eigenvalue weighted by Gasteiger charge is -2.28. The molecule has 10 heteroatoms. The molecule has 6 rings (SSSR count). The number of ether oxygens (including phenoxy) is 2. The number of hydrogen-bond donors (Lipinski definition) is 2. The number of nitrogens with one attached hydrogen (secondary N) is 2. The number of hydrogen-bond acceptors (Lipinski definition) is 7. The fourth-order valence-electron chi connectivity index (χ4n) is 5.16. The molecule has 0 atom stereocenters. The Bertz CT molecular complexity index is 1490. The van der Waals surface area contributed by atoms with Gasteiger partial charge in [0, 0.05) is 67.2 Å². The molecule has 0 unspecified atom stereocenters. The Morgan fingerprint density at radius 1 is 0.756 bits per heavy atom. The molecule has 41 heavy (non-hydrogen) atoms. The van der Waals surface area contributed by atoms with Crippen molar-refractivity contribution in [2.75, 3.05) is 74.7 Å². The number of fused-ring (bicyclic) bond motifs is 1. The van der Waals surface area contributed by atoms with Crippen molar-refractivity contribution in [3.8, 4) is 5.69 Å². The zero-order valence-electron chi connectivity index (χ0n) is 22.9. The largest absolute Gasteiger partial charge is 0.379 e. The Labute approximate surface area is 238 Å². The summed E-state index contributed by atoms with van der Waals surface area (Å²) in [5.74, 6) is -0.163. The van der Waals surface area contributed by atoms with Crippen LogP contribution in [-0.2, 0) is 14.3 Å². The first-order valence-corrected chi connectivity index (χ1v) is 14.0. The Morgan fingerprint density at radius 3 is 2.15 bits per heavy atom. The molecule has 212 valence electrons. The van der Waals surface area contributed by atoms with Crippen LogP contribution in [-0.4, -0.2) is 85.6 Å². The summed E-state index contributed by atoms with van der Waals surface area (Å²) in [6, 6.07) is 21.0. The topological polar surface area (TPSA) is 101 Å². The summed E-state index contributed by atoms with van der Waals surface area (Å²) >= 11 is 0. The van der Waals surface area contributed by atoms with E-state index in [1.54, 1.807) is 6.20 Å². The second-order valence-corrected chi connectivity index (χ2v) is 10.2. The molecule has 2 fully saturated rings. The maximum absolute atomic E-state index is 12.9. The van der Waals surface area contributed by atoms with Crippen LogP contribution in [0.4, 0.5) is 17.1 Å². The monoisotopic (exact) mass is 554 g/mol. The SMILES string of the molecule is O=C(CCN1CCOCC1)Nc1ccc(-n2ncc3cc(NC(=O)c4ccc(N5CCOCC5)cc4)ccc32)cc1. The Morgan fingerprint density at radius 2 is 1.41 bits per heavy atom. The van der Waals surface area contributed by atoms with E-state index < -0.39 is 0 Å². The fourth-order valence-corrected chi connectivity index (χ4v) is 5.16. The van der Waals surface area contributed by atoms with E-state index >= 15 is 0 Å². The summed E-state index contributed by atoms with van der Waals surface area (Å²) in [6.07, 6.45) is 2.23. The summed E-state index contributed by atoms with van der Waals surface area (Å²) < 4.78 is 12.6. The second kappa shape index (κ2) is 12.5. The number of nitrogens with zero attached hydrogens (tertiary/aromatic N) is 4. The first-order valence-electron chi connectivity index (χ1n) is 14.0. The highest BCUT2D eigenvalue weighted by Gasteiger charge is 2.14. The highest BCUT2D eigenvalue weighted by Crippen LogP contribution is 2.24. The summed E-state index contributed by atoms with van der Waals surface area (Å²) in [5, 5.41) is 11.4. The van der Waals surface area contributed by atoms with Gasteiger partial charge >= 0.3 is 0 Å². The zero-order chi connectivity index (χ0) is 28.0. The van der Waals surface area contributed by atoms with Crippen LogP contribution in [0.15, 0.2) is 72.9 Å². The quantitative estimate of drug-likeness (QED) is 0.342. The molecule has 0 radical (unpaired) electrons. The number of rotatable bonds is 8. The highest BCUT2D eigenvalue weighted by molar-refractivity contribution is 6.05. The van der Waals surface area contributed by atoms with Gasteiger partial charge in [-0.2, -0.15) is 5.10 Å². The van der Waals surface area contributed by atoms with E-state index in [0.717, 1.165) is 87.1 Å². The van der Waals surface area contributed by atoms with Gasteiger partial charge in [-0.15, -0.1) is 0 Å². The maximum Gasteiger partial charge on any atom is 0.255 e. The van der Waals surface area contributed by atoms with Crippen LogP contribution in [0, 0.1) is 0 Å². The predicted molar refractivity (Wildman–Crippen MR) is 159 cm³/mol. The number of carbonyl (C=O) groups is 2. The number of amides is 2. The Hall–Kier alpha value is -4.25. The third-order valence-corrected chi connectivity index (χ3v) is 7.49. The summed E-state index contributed by atoms with van der Waals surface area (Å²) in [6.45, 7) is 7.09. The Kier molecular flexibility index (Phi) is 8.22. The van der Waals surface area contributed by atoms with Crippen molar-refractivity contribution >= 4 is 39.8 Å². The minimum atomic E-state index is -0.159. The van der Waals surface area contributed by atoms with Crippen molar-refractivity contribution in [1.82, 2.24) is 14.7 Å². The summed E-state index contributed by atoms with van der Waals surface area (Å²) in [4.78, 5) is 29.8. The van der Waals surface area contributed by atoms with Crippen LogP contribution in [0.2, 0.25) is 0 Å². The van der Waals surface area contributed by atoms with Crippen LogP contribution >= 0.6 is 0 Å². The molecule has 2 saturated heterocycles. The van der Waals surface area contributed by atoms with Crippen molar-refractivity contribution in [1.29, 1.82) is 0 Å². The average Bonchev–Trinajstić information content (AvgIpc) is 3.45. The minimum absolute atomic E-state index is 0.00333. The first-order chi connectivity index (χ1) is 20.1. The van der Waals surface area contributed by atoms with Crippen molar-refractivity contribution in [2.24, 2.45) is 0 Å². The van der Waals surface area contributed by atoms with Gasteiger partial charge in [-0.25, -0.2) is 4.68 Å². The zero-order valence-corrected chi connectivity index (χ0v) is 22.9. The normalized spacial score (nSPS) is 16.0. The van der Waals surface area contributed by atoms with Crippen molar-refractivity contribution in [3.05, 3.63) is 78.5 Å². The van der Waals surface area contributed by atoms with Gasteiger partial charge in [-0.3, -0.25) is 14.5 Å². The van der Waals surface area contributed by atoms with E-state index in [-0.39, 0.29) is 11.8 Å². The molecule has 2 aliphatic rings. The molecule has 10 nitrogen and oxygen atoms in total. The summed E-state index contributed by atoms with van der Waals surface area (Å²) in [5.41, 5.74) is 4.95. The number of anilines is 3. The average molecular weight is 555 g/mol. The summed E-state index contributed by atoms with van der Waals surface area (Å²) in [7, 11) is 0. The lowest BCUT2D eigenvalue weighted by Crippen LogP contribution is -2.38. The van der Waals surface area contributed by atoms with E-state index in [0.29, 0.717) is 17.7 Å². The lowest BCUT2D eigenvalue weighted by molar-refractivity contribution is -0.116. The van der Waals surface area contributed by atoms with E-state index in [4.69, 9.17) is 9.47 Å². The van der Waals surface area contributed by atoms with Crippen LogP contribution < -0.4 is 15.5 Å². The Balaban J connectivity index is 1.06. The van der Waals surface area contributed by atoms with Crippen molar-refractivity contribution in [3.63, 3.8) is 0 Å². The molecule has 1 aromatic heterocycles. The van der Waals surface area contributed by atoms with Gasteiger partial charge in [0.25, 0.3) is 5.91 Å².